The van der Waals surface area contributed by atoms with Gasteiger partial charge in [-0.1, -0.05) is 39.8 Å². The third-order valence-electron chi connectivity index (χ3n) is 8.16. The maximum Gasteiger partial charge on any atom is 0.337 e. The third kappa shape index (κ3) is 4.18. The van der Waals surface area contributed by atoms with E-state index in [2.05, 4.69) is 44.7 Å². The van der Waals surface area contributed by atoms with Crippen molar-refractivity contribution in [1.29, 1.82) is 0 Å². The van der Waals surface area contributed by atoms with Crippen LogP contribution in [0.5, 0.6) is 0 Å². The summed E-state index contributed by atoms with van der Waals surface area (Å²) in [7, 11) is 4.79. The van der Waals surface area contributed by atoms with Gasteiger partial charge in [0.25, 0.3) is 0 Å². The second-order valence-electron chi connectivity index (χ2n) is 11.5. The largest absolute Gasteiger partial charge is 0.465 e. The van der Waals surface area contributed by atoms with Gasteiger partial charge in [0, 0.05) is 18.2 Å². The van der Waals surface area contributed by atoms with Crippen LogP contribution < -0.4 is 4.90 Å². The molecule has 38 heavy (non-hydrogen) atoms. The predicted octanol–water partition coefficient (Wildman–Crippen LogP) is 6.86. The molecule has 0 bridgehead atoms. The van der Waals surface area contributed by atoms with Gasteiger partial charge in [-0.25, -0.2) is 14.6 Å². The first kappa shape index (κ1) is 25.7. The fraction of sp³-hybridized carbons (Fsp3) is 0.344. The molecule has 0 fully saturated rings. The number of aliphatic imine (C=N–C) groups is 1. The van der Waals surface area contributed by atoms with E-state index in [0.717, 1.165) is 41.1 Å². The molecule has 2 aliphatic rings. The van der Waals surface area contributed by atoms with Crippen LogP contribution in [0.15, 0.2) is 59.6 Å². The van der Waals surface area contributed by atoms with Crippen LogP contribution in [0.2, 0.25) is 0 Å². The summed E-state index contributed by atoms with van der Waals surface area (Å²) >= 11 is 0. The monoisotopic (exact) mass is 510 g/mol. The zero-order chi connectivity index (χ0) is 27.4. The Morgan fingerprint density at radius 3 is 1.92 bits per heavy atom. The first-order valence-corrected chi connectivity index (χ1v) is 12.9. The van der Waals surface area contributed by atoms with E-state index in [1.54, 1.807) is 24.3 Å². The maximum absolute atomic E-state index is 12.4. The summed E-state index contributed by atoms with van der Waals surface area (Å²) in [4.78, 5) is 31.7. The van der Waals surface area contributed by atoms with Crippen LogP contribution in [0.25, 0.3) is 0 Å². The molecule has 6 heteroatoms. The average molecular weight is 511 g/mol. The van der Waals surface area contributed by atoms with E-state index in [-0.39, 0.29) is 16.8 Å². The lowest BCUT2D eigenvalue weighted by atomic mass is 9.62. The summed E-state index contributed by atoms with van der Waals surface area (Å²) < 4.78 is 9.86. The molecule has 0 aromatic heterocycles. The molecule has 0 saturated carbocycles. The Balaban J connectivity index is 1.80. The minimum Gasteiger partial charge on any atom is -0.465 e. The number of carbonyl (C=O) groups excluding carboxylic acids is 2. The second kappa shape index (κ2) is 9.12. The van der Waals surface area contributed by atoms with Gasteiger partial charge in [0.2, 0.25) is 0 Å². The Hall–Kier alpha value is -3.93. The van der Waals surface area contributed by atoms with Crippen molar-refractivity contribution in [3.63, 3.8) is 0 Å². The van der Waals surface area contributed by atoms with E-state index in [1.165, 1.54) is 25.3 Å². The molecule has 196 valence electrons. The molecule has 0 spiro atoms. The van der Waals surface area contributed by atoms with Crippen LogP contribution >= 0.6 is 0 Å². The molecule has 0 unspecified atom stereocenters. The zero-order valence-electron chi connectivity index (χ0n) is 23.1. The highest BCUT2D eigenvalue weighted by Crippen LogP contribution is 2.50. The standard InChI is InChI=1S/C32H34N2O4/c1-31(2)14-15-32(3,4)24-18-27-22(17-23(24)31)28(19-8-10-20(11-9-19)29(35)37-6)33-25-16-21(30(36)38-7)12-13-26(25)34(27)5/h8-13,16-18H,14-15H2,1-7H3. The number of rotatable bonds is 3. The highest BCUT2D eigenvalue weighted by atomic mass is 16.5. The molecule has 6 nitrogen and oxygen atoms in total. The Bertz CT molecular complexity index is 1480. The predicted molar refractivity (Wildman–Crippen MR) is 151 cm³/mol. The molecule has 0 radical (unpaired) electrons. The van der Waals surface area contributed by atoms with E-state index < -0.39 is 5.97 Å². The van der Waals surface area contributed by atoms with Crippen LogP contribution in [0.4, 0.5) is 17.1 Å². The SMILES string of the molecule is COC(=O)c1ccc(C2=Nc3cc(C(=O)OC)ccc3N(C)c3cc4c(cc32)C(C)(C)CCC4(C)C)cc1. The number of nitrogens with zero attached hydrogens (tertiary/aromatic N) is 2. The van der Waals surface area contributed by atoms with Crippen LogP contribution in [-0.2, 0) is 20.3 Å². The van der Waals surface area contributed by atoms with Gasteiger partial charge in [-0.15, -0.1) is 0 Å². The van der Waals surface area contributed by atoms with E-state index in [9.17, 15) is 9.59 Å². The van der Waals surface area contributed by atoms with Gasteiger partial charge in [-0.3, -0.25) is 0 Å². The topological polar surface area (TPSA) is 68.2 Å². The lowest BCUT2D eigenvalue weighted by Crippen LogP contribution is -2.34. The Labute approximate surface area is 224 Å². The second-order valence-corrected chi connectivity index (χ2v) is 11.5. The number of fused-ring (bicyclic) bond motifs is 3. The normalized spacial score (nSPS) is 16.8. The van der Waals surface area contributed by atoms with Crippen LogP contribution in [0.3, 0.4) is 0 Å². The van der Waals surface area contributed by atoms with Gasteiger partial charge in [-0.05, 0) is 77.3 Å². The quantitative estimate of drug-likeness (QED) is 0.360. The van der Waals surface area contributed by atoms with Crippen LogP contribution in [0, 0.1) is 0 Å². The van der Waals surface area contributed by atoms with E-state index >= 15 is 0 Å². The molecule has 0 atom stereocenters. The molecule has 1 aliphatic carbocycles. The lowest BCUT2D eigenvalue weighted by Gasteiger charge is -2.43. The molecular formula is C32H34N2O4. The molecular weight excluding hydrogens is 476 g/mol. The maximum atomic E-state index is 12.4. The zero-order valence-corrected chi connectivity index (χ0v) is 23.1. The van der Waals surface area contributed by atoms with Gasteiger partial charge in [0.15, 0.2) is 0 Å². The van der Waals surface area contributed by atoms with Crippen molar-refractivity contribution < 1.29 is 19.1 Å². The van der Waals surface area contributed by atoms with Crippen LogP contribution in [-0.4, -0.2) is 38.9 Å². The number of hydrogen-bond acceptors (Lipinski definition) is 6. The molecule has 1 aliphatic heterocycles. The van der Waals surface area contributed by atoms with Gasteiger partial charge in [-0.2, -0.15) is 0 Å². The van der Waals surface area contributed by atoms with Crippen molar-refractivity contribution in [2.24, 2.45) is 4.99 Å². The first-order valence-electron chi connectivity index (χ1n) is 12.9. The highest BCUT2D eigenvalue weighted by molar-refractivity contribution is 6.19. The van der Waals surface area contributed by atoms with Crippen molar-refractivity contribution in [3.8, 4) is 0 Å². The molecule has 0 saturated heterocycles. The summed E-state index contributed by atoms with van der Waals surface area (Å²) in [5.74, 6) is -0.791. The van der Waals surface area contributed by atoms with Gasteiger partial charge in [0.1, 0.15) is 0 Å². The van der Waals surface area contributed by atoms with Gasteiger partial charge >= 0.3 is 11.9 Å². The number of benzene rings is 3. The first-order chi connectivity index (χ1) is 18.0. The third-order valence-corrected chi connectivity index (χ3v) is 8.16. The van der Waals surface area contributed by atoms with E-state index in [4.69, 9.17) is 14.5 Å². The minimum atomic E-state index is -0.407. The van der Waals surface area contributed by atoms with Crippen molar-refractivity contribution >= 4 is 34.7 Å². The van der Waals surface area contributed by atoms with Gasteiger partial charge in [0.05, 0.1) is 48.1 Å². The summed E-state index contributed by atoms with van der Waals surface area (Å²) in [6.45, 7) is 9.27. The van der Waals surface area contributed by atoms with Crippen LogP contribution in [0.1, 0.15) is 83.5 Å². The summed E-state index contributed by atoms with van der Waals surface area (Å²) in [6, 6.07) is 17.4. The van der Waals surface area contributed by atoms with Gasteiger partial charge < -0.3 is 14.4 Å². The van der Waals surface area contributed by atoms with Crippen molar-refractivity contribution in [2.45, 2.75) is 51.4 Å². The van der Waals surface area contributed by atoms with E-state index in [1.807, 2.05) is 25.2 Å². The Kier molecular flexibility index (Phi) is 6.17. The molecule has 0 amide bonds. The molecule has 1 heterocycles. The fourth-order valence-corrected chi connectivity index (χ4v) is 5.62. The summed E-state index contributed by atoms with van der Waals surface area (Å²) in [5.41, 5.74) is 8.97. The summed E-state index contributed by atoms with van der Waals surface area (Å²) in [5, 5.41) is 0. The van der Waals surface area contributed by atoms with Crippen molar-refractivity contribution in [1.82, 2.24) is 0 Å². The molecule has 3 aromatic rings. The number of esters is 2. The number of anilines is 2. The lowest BCUT2D eigenvalue weighted by molar-refractivity contribution is 0.0592. The number of carbonyl (C=O) groups is 2. The smallest absolute Gasteiger partial charge is 0.337 e. The highest BCUT2D eigenvalue weighted by Gasteiger charge is 2.39. The molecule has 5 rings (SSSR count). The Morgan fingerprint density at radius 1 is 0.763 bits per heavy atom. The summed E-state index contributed by atoms with van der Waals surface area (Å²) in [6.07, 6.45) is 2.22. The van der Waals surface area contributed by atoms with E-state index in [0.29, 0.717) is 16.8 Å². The molecule has 3 aromatic carbocycles. The number of methoxy groups -OCH3 is 2. The van der Waals surface area contributed by atoms with Crippen molar-refractivity contribution in [2.75, 3.05) is 26.2 Å². The minimum absolute atomic E-state index is 0.0233. The average Bonchev–Trinajstić information content (AvgIpc) is 3.03. The van der Waals surface area contributed by atoms with Crippen molar-refractivity contribution in [3.05, 3.63) is 88.0 Å². The number of ether oxygens (including phenoxy) is 2. The Morgan fingerprint density at radius 2 is 1.32 bits per heavy atom. The fourth-order valence-electron chi connectivity index (χ4n) is 5.62. The number of hydrogen-bond donors (Lipinski definition) is 0. The molecule has 0 N–H and O–H groups in total.